The maximum absolute atomic E-state index is 12.8. The van der Waals surface area contributed by atoms with E-state index < -0.39 is 11.8 Å². The van der Waals surface area contributed by atoms with Crippen LogP contribution in [0.25, 0.3) is 0 Å². The summed E-state index contributed by atoms with van der Waals surface area (Å²) in [5.41, 5.74) is 0.207. The van der Waals surface area contributed by atoms with Crippen molar-refractivity contribution in [3.8, 4) is 0 Å². The Hall–Kier alpha value is -0.900. The normalized spacial score (nSPS) is 10.4. The van der Waals surface area contributed by atoms with Crippen LogP contribution in [0.5, 0.6) is 0 Å². The summed E-state index contributed by atoms with van der Waals surface area (Å²) >= 11 is 3.15. The Morgan fingerprint density at radius 3 is 2.71 bits per heavy atom. The molecule has 1 aromatic carbocycles. The first kappa shape index (κ1) is 11.2. The van der Waals surface area contributed by atoms with E-state index in [-0.39, 0.29) is 11.7 Å². The van der Waals surface area contributed by atoms with Gasteiger partial charge >= 0.3 is 5.97 Å². The summed E-state index contributed by atoms with van der Waals surface area (Å²) in [6, 6.07) is 3.90. The van der Waals surface area contributed by atoms with Gasteiger partial charge in [-0.05, 0) is 48.0 Å². The monoisotopic (exact) mass is 260 g/mol. The van der Waals surface area contributed by atoms with Gasteiger partial charge in [-0.15, -0.1) is 0 Å². The summed E-state index contributed by atoms with van der Waals surface area (Å²) in [7, 11) is 0. The summed E-state index contributed by atoms with van der Waals surface area (Å²) in [5, 5.41) is 0. The fourth-order valence-corrected chi connectivity index (χ4v) is 1.34. The van der Waals surface area contributed by atoms with Gasteiger partial charge in [0.15, 0.2) is 0 Å². The van der Waals surface area contributed by atoms with Crippen LogP contribution in [0.2, 0.25) is 0 Å². The Labute approximate surface area is 90.2 Å². The number of ether oxygens (including phenoxy) is 1. The van der Waals surface area contributed by atoms with Crippen molar-refractivity contribution in [3.05, 3.63) is 34.1 Å². The predicted molar refractivity (Wildman–Crippen MR) is 54.7 cm³/mol. The van der Waals surface area contributed by atoms with E-state index in [0.29, 0.717) is 4.47 Å². The second-order valence-corrected chi connectivity index (χ2v) is 3.93. The highest BCUT2D eigenvalue weighted by Crippen LogP contribution is 2.19. The molecule has 0 aliphatic carbocycles. The molecular weight excluding hydrogens is 251 g/mol. The van der Waals surface area contributed by atoms with E-state index >= 15 is 0 Å². The molecule has 0 aliphatic heterocycles. The minimum atomic E-state index is -0.522. The fraction of sp³-hybridized carbons (Fsp3) is 0.300. The highest BCUT2D eigenvalue weighted by atomic mass is 79.9. The summed E-state index contributed by atoms with van der Waals surface area (Å²) in [6.07, 6.45) is -0.210. The van der Waals surface area contributed by atoms with E-state index in [1.54, 1.807) is 13.8 Å². The Kier molecular flexibility index (Phi) is 3.63. The number of esters is 1. The van der Waals surface area contributed by atoms with Crippen molar-refractivity contribution in [2.24, 2.45) is 0 Å². The van der Waals surface area contributed by atoms with E-state index in [1.807, 2.05) is 0 Å². The van der Waals surface area contributed by atoms with Crippen LogP contribution < -0.4 is 0 Å². The van der Waals surface area contributed by atoms with Crippen LogP contribution in [-0.4, -0.2) is 12.1 Å². The third-order valence-electron chi connectivity index (χ3n) is 1.49. The number of rotatable bonds is 2. The molecule has 0 unspecified atom stereocenters. The van der Waals surface area contributed by atoms with Crippen LogP contribution >= 0.6 is 15.9 Å². The summed E-state index contributed by atoms with van der Waals surface area (Å²) in [5.74, 6) is -0.977. The molecule has 1 aromatic rings. The van der Waals surface area contributed by atoms with Gasteiger partial charge < -0.3 is 4.74 Å². The third kappa shape index (κ3) is 2.80. The Morgan fingerprint density at radius 1 is 1.50 bits per heavy atom. The molecule has 0 heterocycles. The molecule has 14 heavy (non-hydrogen) atoms. The standard InChI is InChI=1S/C10H10BrFO2/c1-6(2)14-10(13)8-5-7(12)3-4-9(8)11/h3-6H,1-2H3. The van der Waals surface area contributed by atoms with Crippen molar-refractivity contribution in [3.63, 3.8) is 0 Å². The minimum absolute atomic E-state index is 0.207. The van der Waals surface area contributed by atoms with Crippen molar-refractivity contribution >= 4 is 21.9 Å². The van der Waals surface area contributed by atoms with Gasteiger partial charge in [0.1, 0.15) is 5.82 Å². The molecule has 0 amide bonds. The molecule has 1 rings (SSSR count). The number of hydrogen-bond acceptors (Lipinski definition) is 2. The molecule has 0 spiro atoms. The van der Waals surface area contributed by atoms with Gasteiger partial charge in [-0.2, -0.15) is 0 Å². The topological polar surface area (TPSA) is 26.3 Å². The lowest BCUT2D eigenvalue weighted by atomic mass is 10.2. The predicted octanol–water partition coefficient (Wildman–Crippen LogP) is 3.15. The van der Waals surface area contributed by atoms with Crippen molar-refractivity contribution in [2.45, 2.75) is 20.0 Å². The summed E-state index contributed by atoms with van der Waals surface area (Å²) in [6.45, 7) is 3.48. The third-order valence-corrected chi connectivity index (χ3v) is 2.18. The lowest BCUT2D eigenvalue weighted by Crippen LogP contribution is -2.12. The maximum Gasteiger partial charge on any atom is 0.339 e. The maximum atomic E-state index is 12.8. The van der Waals surface area contributed by atoms with E-state index in [2.05, 4.69) is 15.9 Å². The van der Waals surface area contributed by atoms with Gasteiger partial charge in [0.2, 0.25) is 0 Å². The first-order valence-corrected chi connectivity index (χ1v) is 4.96. The SMILES string of the molecule is CC(C)OC(=O)c1cc(F)ccc1Br. The van der Waals surface area contributed by atoms with Crippen LogP contribution in [0.3, 0.4) is 0 Å². The Balaban J connectivity index is 2.94. The van der Waals surface area contributed by atoms with Crippen molar-refractivity contribution < 1.29 is 13.9 Å². The second-order valence-electron chi connectivity index (χ2n) is 3.08. The van der Waals surface area contributed by atoms with Gasteiger partial charge in [0, 0.05) is 4.47 Å². The largest absolute Gasteiger partial charge is 0.459 e. The van der Waals surface area contributed by atoms with Crippen molar-refractivity contribution in [2.75, 3.05) is 0 Å². The van der Waals surface area contributed by atoms with Crippen molar-refractivity contribution in [1.82, 2.24) is 0 Å². The molecular formula is C10H10BrFO2. The quantitative estimate of drug-likeness (QED) is 0.764. The van der Waals surface area contributed by atoms with E-state index in [9.17, 15) is 9.18 Å². The number of benzene rings is 1. The molecule has 0 aromatic heterocycles. The van der Waals surface area contributed by atoms with Crippen LogP contribution in [0.4, 0.5) is 4.39 Å². The average Bonchev–Trinajstić information content (AvgIpc) is 2.08. The van der Waals surface area contributed by atoms with Crippen LogP contribution in [-0.2, 0) is 4.74 Å². The van der Waals surface area contributed by atoms with Crippen molar-refractivity contribution in [1.29, 1.82) is 0 Å². The molecule has 0 aliphatic rings. The molecule has 0 saturated heterocycles. The Morgan fingerprint density at radius 2 is 2.14 bits per heavy atom. The van der Waals surface area contributed by atoms with E-state index in [1.165, 1.54) is 12.1 Å². The van der Waals surface area contributed by atoms with Crippen LogP contribution in [0.15, 0.2) is 22.7 Å². The lowest BCUT2D eigenvalue weighted by Gasteiger charge is -2.08. The van der Waals surface area contributed by atoms with Gasteiger partial charge in [0.25, 0.3) is 0 Å². The van der Waals surface area contributed by atoms with Crippen LogP contribution in [0.1, 0.15) is 24.2 Å². The first-order valence-electron chi connectivity index (χ1n) is 4.16. The van der Waals surface area contributed by atoms with Gasteiger partial charge in [-0.1, -0.05) is 0 Å². The molecule has 76 valence electrons. The molecule has 4 heteroatoms. The molecule has 0 bridgehead atoms. The number of halogens is 2. The molecule has 0 radical (unpaired) electrons. The van der Waals surface area contributed by atoms with Gasteiger partial charge in [0.05, 0.1) is 11.7 Å². The minimum Gasteiger partial charge on any atom is -0.459 e. The number of hydrogen-bond donors (Lipinski definition) is 0. The number of carbonyl (C=O) groups excluding carboxylic acids is 1. The average molecular weight is 261 g/mol. The molecule has 0 N–H and O–H groups in total. The highest BCUT2D eigenvalue weighted by Gasteiger charge is 2.13. The second kappa shape index (κ2) is 4.55. The van der Waals surface area contributed by atoms with Gasteiger partial charge in [-0.3, -0.25) is 0 Å². The van der Waals surface area contributed by atoms with Gasteiger partial charge in [-0.25, -0.2) is 9.18 Å². The molecule has 2 nitrogen and oxygen atoms in total. The van der Waals surface area contributed by atoms with E-state index in [0.717, 1.165) is 6.07 Å². The lowest BCUT2D eigenvalue weighted by molar-refractivity contribution is 0.0376. The zero-order valence-corrected chi connectivity index (χ0v) is 9.47. The summed E-state index contributed by atoms with van der Waals surface area (Å²) in [4.78, 5) is 11.4. The molecule has 0 fully saturated rings. The molecule has 0 saturated carbocycles. The molecule has 0 atom stereocenters. The smallest absolute Gasteiger partial charge is 0.339 e. The fourth-order valence-electron chi connectivity index (χ4n) is 0.931. The highest BCUT2D eigenvalue weighted by molar-refractivity contribution is 9.10. The number of carbonyl (C=O) groups is 1. The summed E-state index contributed by atoms with van der Waals surface area (Å²) < 4.78 is 18.3. The van der Waals surface area contributed by atoms with Crippen LogP contribution in [0, 0.1) is 5.82 Å². The zero-order valence-electron chi connectivity index (χ0n) is 7.88. The Bertz CT molecular complexity index is 350. The zero-order chi connectivity index (χ0) is 10.7. The van der Waals surface area contributed by atoms with E-state index in [4.69, 9.17) is 4.74 Å². The first-order chi connectivity index (χ1) is 6.50.